The molecule has 3 aromatic rings. The van der Waals surface area contributed by atoms with E-state index in [1.807, 2.05) is 78.9 Å². The van der Waals surface area contributed by atoms with Crippen molar-refractivity contribution in [1.82, 2.24) is 0 Å². The lowest BCUT2D eigenvalue weighted by atomic mass is 10.2. The Morgan fingerprint density at radius 3 is 1.79 bits per heavy atom. The molecule has 0 aromatic heterocycles. The first-order valence-corrected chi connectivity index (χ1v) is 7.57. The van der Waals surface area contributed by atoms with Crippen molar-refractivity contribution in [2.75, 3.05) is 0 Å². The first kappa shape index (κ1) is 17.1. The zero-order valence-electron chi connectivity index (χ0n) is 13.3. The molecule has 0 aliphatic heterocycles. The summed E-state index contributed by atoms with van der Waals surface area (Å²) in [5, 5.41) is 0. The molecular formula is C22H18O2. The van der Waals surface area contributed by atoms with E-state index in [2.05, 4.69) is 5.92 Å². The van der Waals surface area contributed by atoms with Crippen molar-refractivity contribution >= 4 is 5.97 Å². The minimum atomic E-state index is -0.288. The largest absolute Gasteiger partial charge is 0.457 e. The van der Waals surface area contributed by atoms with E-state index in [-0.39, 0.29) is 5.97 Å². The van der Waals surface area contributed by atoms with E-state index >= 15 is 0 Å². The summed E-state index contributed by atoms with van der Waals surface area (Å²) < 4.78 is 5.18. The summed E-state index contributed by atoms with van der Waals surface area (Å²) in [6.07, 6.45) is 5.10. The number of rotatable bonds is 3. The molecule has 0 radical (unpaired) electrons. The van der Waals surface area contributed by atoms with Gasteiger partial charge in [-0.2, -0.15) is 0 Å². The number of ether oxygens (including phenoxy) is 1. The Kier molecular flexibility index (Phi) is 6.86. The second-order valence-corrected chi connectivity index (χ2v) is 4.94. The van der Waals surface area contributed by atoms with Gasteiger partial charge in [-0.05, 0) is 29.8 Å². The van der Waals surface area contributed by atoms with E-state index in [9.17, 15) is 4.79 Å². The molecule has 0 bridgehead atoms. The molecule has 0 aliphatic rings. The van der Waals surface area contributed by atoms with Gasteiger partial charge in [0.05, 0.1) is 5.56 Å². The number of hydrogen-bond donors (Lipinski definition) is 0. The van der Waals surface area contributed by atoms with E-state index in [0.717, 1.165) is 11.1 Å². The van der Waals surface area contributed by atoms with Crippen molar-refractivity contribution in [3.8, 4) is 12.3 Å². The number of esters is 1. The molecule has 3 aromatic carbocycles. The highest BCUT2D eigenvalue weighted by molar-refractivity contribution is 5.89. The lowest BCUT2D eigenvalue weighted by molar-refractivity contribution is 0.0472. The van der Waals surface area contributed by atoms with Crippen molar-refractivity contribution in [3.63, 3.8) is 0 Å². The quantitative estimate of drug-likeness (QED) is 0.517. The van der Waals surface area contributed by atoms with Crippen molar-refractivity contribution in [1.29, 1.82) is 0 Å². The van der Waals surface area contributed by atoms with Gasteiger partial charge in [-0.1, -0.05) is 72.7 Å². The van der Waals surface area contributed by atoms with Crippen LogP contribution in [0.1, 0.15) is 21.5 Å². The lowest BCUT2D eigenvalue weighted by Crippen LogP contribution is -2.04. The third-order valence-electron chi connectivity index (χ3n) is 3.16. The molecule has 0 N–H and O–H groups in total. The minimum Gasteiger partial charge on any atom is -0.457 e. The molecule has 0 spiro atoms. The summed E-state index contributed by atoms with van der Waals surface area (Å²) in [5.41, 5.74) is 2.51. The van der Waals surface area contributed by atoms with Crippen LogP contribution in [-0.2, 0) is 11.3 Å². The summed E-state index contributed by atoms with van der Waals surface area (Å²) in [4.78, 5) is 11.6. The zero-order valence-corrected chi connectivity index (χ0v) is 13.3. The molecule has 2 nitrogen and oxygen atoms in total. The van der Waals surface area contributed by atoms with Crippen LogP contribution in [0, 0.1) is 12.3 Å². The van der Waals surface area contributed by atoms with Crippen molar-refractivity contribution < 1.29 is 9.53 Å². The van der Waals surface area contributed by atoms with Crippen LogP contribution in [0.25, 0.3) is 0 Å². The van der Waals surface area contributed by atoms with Crippen LogP contribution in [0.3, 0.4) is 0 Å². The van der Waals surface area contributed by atoms with Crippen LogP contribution in [0.5, 0.6) is 0 Å². The highest BCUT2D eigenvalue weighted by atomic mass is 16.5. The molecule has 118 valence electrons. The molecular weight excluding hydrogens is 296 g/mol. The van der Waals surface area contributed by atoms with Crippen molar-refractivity contribution in [3.05, 3.63) is 108 Å². The van der Waals surface area contributed by atoms with Gasteiger partial charge >= 0.3 is 5.97 Å². The standard InChI is InChI=1S/C14H12O2.C8H6/c15-14(13-9-5-2-6-10-13)16-11-12-7-3-1-4-8-12;1-2-8-6-4-3-5-7-8/h1-10H,11H2;1,3-7H. The second-order valence-electron chi connectivity index (χ2n) is 4.94. The molecule has 0 aliphatic carbocycles. The predicted molar refractivity (Wildman–Crippen MR) is 96.4 cm³/mol. The maximum atomic E-state index is 11.6. The van der Waals surface area contributed by atoms with E-state index in [4.69, 9.17) is 11.2 Å². The second kappa shape index (κ2) is 9.66. The Morgan fingerprint density at radius 2 is 1.29 bits per heavy atom. The molecule has 2 heteroatoms. The van der Waals surface area contributed by atoms with Crippen molar-refractivity contribution in [2.45, 2.75) is 6.61 Å². The van der Waals surface area contributed by atoms with Gasteiger partial charge in [0.1, 0.15) is 6.61 Å². The van der Waals surface area contributed by atoms with E-state index in [0.29, 0.717) is 12.2 Å². The summed E-state index contributed by atoms with van der Waals surface area (Å²) in [5.74, 6) is 2.24. The van der Waals surface area contributed by atoms with Gasteiger partial charge in [-0.25, -0.2) is 4.79 Å². The fourth-order valence-corrected chi connectivity index (χ4v) is 1.92. The molecule has 0 atom stereocenters. The van der Waals surface area contributed by atoms with Crippen LogP contribution < -0.4 is 0 Å². The van der Waals surface area contributed by atoms with Gasteiger partial charge in [0.15, 0.2) is 0 Å². The molecule has 24 heavy (non-hydrogen) atoms. The topological polar surface area (TPSA) is 26.3 Å². The SMILES string of the molecule is C#Cc1ccccc1.O=C(OCc1ccccc1)c1ccccc1. The monoisotopic (exact) mass is 314 g/mol. The fraction of sp³-hybridized carbons (Fsp3) is 0.0455. The maximum absolute atomic E-state index is 11.6. The third-order valence-corrected chi connectivity index (χ3v) is 3.16. The Hall–Kier alpha value is -3.31. The first-order chi connectivity index (χ1) is 11.8. The van der Waals surface area contributed by atoms with Gasteiger partial charge in [0.25, 0.3) is 0 Å². The fourth-order valence-electron chi connectivity index (χ4n) is 1.92. The summed E-state index contributed by atoms with van der Waals surface area (Å²) in [6.45, 7) is 0.314. The van der Waals surface area contributed by atoms with Crippen molar-refractivity contribution in [2.24, 2.45) is 0 Å². The van der Waals surface area contributed by atoms with Gasteiger partial charge < -0.3 is 4.74 Å². The zero-order chi connectivity index (χ0) is 17.0. The van der Waals surface area contributed by atoms with E-state index in [1.54, 1.807) is 12.1 Å². The van der Waals surface area contributed by atoms with Crippen LogP contribution in [0.15, 0.2) is 91.0 Å². The Morgan fingerprint density at radius 1 is 0.792 bits per heavy atom. The summed E-state index contributed by atoms with van der Waals surface area (Å²) >= 11 is 0. The predicted octanol–water partition coefficient (Wildman–Crippen LogP) is 4.71. The number of benzene rings is 3. The number of carbonyl (C=O) groups excluding carboxylic acids is 1. The molecule has 0 heterocycles. The molecule has 0 unspecified atom stereocenters. The molecule has 0 amide bonds. The lowest BCUT2D eigenvalue weighted by Gasteiger charge is -2.04. The Labute approximate surface area is 142 Å². The smallest absolute Gasteiger partial charge is 0.338 e. The van der Waals surface area contributed by atoms with Gasteiger partial charge in [0.2, 0.25) is 0 Å². The van der Waals surface area contributed by atoms with Gasteiger partial charge in [-0.15, -0.1) is 6.42 Å². The Balaban J connectivity index is 0.000000219. The van der Waals surface area contributed by atoms with Crippen LogP contribution >= 0.6 is 0 Å². The van der Waals surface area contributed by atoms with Crippen LogP contribution in [-0.4, -0.2) is 5.97 Å². The normalized spacial score (nSPS) is 9.12. The minimum absolute atomic E-state index is 0.288. The van der Waals surface area contributed by atoms with Crippen LogP contribution in [0.2, 0.25) is 0 Å². The highest BCUT2D eigenvalue weighted by Crippen LogP contribution is 2.05. The average Bonchev–Trinajstić information content (AvgIpc) is 2.69. The Bertz CT molecular complexity index is 772. The van der Waals surface area contributed by atoms with E-state index in [1.165, 1.54) is 0 Å². The highest BCUT2D eigenvalue weighted by Gasteiger charge is 2.05. The summed E-state index contributed by atoms with van der Waals surface area (Å²) in [7, 11) is 0. The number of terminal acetylenes is 1. The summed E-state index contributed by atoms with van der Waals surface area (Å²) in [6, 6.07) is 28.2. The number of hydrogen-bond acceptors (Lipinski definition) is 2. The molecule has 0 fully saturated rings. The third kappa shape index (κ3) is 5.82. The molecule has 0 saturated carbocycles. The van der Waals surface area contributed by atoms with Gasteiger partial charge in [0, 0.05) is 5.56 Å². The molecule has 3 rings (SSSR count). The number of carbonyl (C=O) groups is 1. The van der Waals surface area contributed by atoms with Crippen LogP contribution in [0.4, 0.5) is 0 Å². The van der Waals surface area contributed by atoms with Gasteiger partial charge in [-0.3, -0.25) is 0 Å². The average molecular weight is 314 g/mol. The maximum Gasteiger partial charge on any atom is 0.338 e. The first-order valence-electron chi connectivity index (χ1n) is 7.57. The van der Waals surface area contributed by atoms with E-state index < -0.39 is 0 Å². The molecule has 0 saturated heterocycles.